The molecule has 1 atom stereocenters. The van der Waals surface area contributed by atoms with Crippen molar-refractivity contribution in [2.24, 2.45) is 5.41 Å². The van der Waals surface area contributed by atoms with Gasteiger partial charge in [-0.15, -0.1) is 0 Å². The Hall–Kier alpha value is -1.55. The fraction of sp³-hybridized carbons (Fsp3) is 0.556. The van der Waals surface area contributed by atoms with Gasteiger partial charge < -0.3 is 10.0 Å². The van der Waals surface area contributed by atoms with Gasteiger partial charge >= 0.3 is 5.97 Å². The zero-order valence-electron chi connectivity index (χ0n) is 13.1. The van der Waals surface area contributed by atoms with Crippen molar-refractivity contribution in [3.63, 3.8) is 0 Å². The molecule has 4 nitrogen and oxygen atoms in total. The van der Waals surface area contributed by atoms with E-state index in [0.29, 0.717) is 24.4 Å². The first-order valence-corrected chi connectivity index (χ1v) is 8.68. The molecule has 0 radical (unpaired) electrons. The number of halogens is 1. The Morgan fingerprint density at radius 1 is 1.26 bits per heavy atom. The fourth-order valence-corrected chi connectivity index (χ4v) is 3.95. The molecule has 124 valence electrons. The van der Waals surface area contributed by atoms with Crippen molar-refractivity contribution in [3.8, 4) is 0 Å². The van der Waals surface area contributed by atoms with Crippen LogP contribution in [-0.4, -0.2) is 28.4 Å². The third kappa shape index (κ3) is 3.23. The molecule has 5 heteroatoms. The van der Waals surface area contributed by atoms with E-state index in [9.17, 15) is 14.7 Å². The van der Waals surface area contributed by atoms with E-state index in [0.717, 1.165) is 31.2 Å². The monoisotopic (exact) mass is 335 g/mol. The van der Waals surface area contributed by atoms with Crippen LogP contribution in [0.5, 0.6) is 0 Å². The Balaban J connectivity index is 1.78. The zero-order chi connectivity index (χ0) is 16.4. The summed E-state index contributed by atoms with van der Waals surface area (Å²) in [4.78, 5) is 26.2. The quantitative estimate of drug-likeness (QED) is 0.903. The summed E-state index contributed by atoms with van der Waals surface area (Å²) in [5.41, 5.74) is 0.219. The van der Waals surface area contributed by atoms with E-state index in [2.05, 4.69) is 0 Å². The van der Waals surface area contributed by atoms with Crippen molar-refractivity contribution in [2.45, 2.75) is 51.0 Å². The highest BCUT2D eigenvalue weighted by atomic mass is 35.5. The van der Waals surface area contributed by atoms with E-state index in [1.54, 1.807) is 0 Å². The second-order valence-corrected chi connectivity index (χ2v) is 7.21. The molecule has 1 N–H and O–H groups in total. The van der Waals surface area contributed by atoms with Gasteiger partial charge in [-0.3, -0.25) is 9.59 Å². The number of hydrogen-bond donors (Lipinski definition) is 1. The number of nitrogens with zero attached hydrogens (tertiary/aromatic N) is 1. The molecule has 1 saturated heterocycles. The maximum Gasteiger partial charge on any atom is 0.310 e. The van der Waals surface area contributed by atoms with Gasteiger partial charge in [-0.1, -0.05) is 30.2 Å². The predicted molar refractivity (Wildman–Crippen MR) is 88.3 cm³/mol. The number of amides is 1. The highest BCUT2D eigenvalue weighted by Crippen LogP contribution is 2.45. The fourth-order valence-electron chi connectivity index (χ4n) is 3.75. The first kappa shape index (κ1) is 16.3. The Kier molecular flexibility index (Phi) is 4.62. The normalized spacial score (nSPS) is 23.2. The summed E-state index contributed by atoms with van der Waals surface area (Å²) in [5.74, 6) is -0.856. The molecule has 1 heterocycles. The minimum atomic E-state index is -0.826. The minimum Gasteiger partial charge on any atom is -0.481 e. The Morgan fingerprint density at radius 2 is 2.04 bits per heavy atom. The number of benzene rings is 1. The smallest absolute Gasteiger partial charge is 0.310 e. The summed E-state index contributed by atoms with van der Waals surface area (Å²) in [6, 6.07) is 7.65. The molecular formula is C18H22ClNO3. The van der Waals surface area contributed by atoms with E-state index in [4.69, 9.17) is 11.6 Å². The van der Waals surface area contributed by atoms with Crippen LogP contribution in [0, 0.1) is 5.41 Å². The summed E-state index contributed by atoms with van der Waals surface area (Å²) in [5, 5.41) is 10.1. The average Bonchev–Trinajstić information content (AvgIpc) is 2.50. The van der Waals surface area contributed by atoms with E-state index < -0.39 is 11.4 Å². The lowest BCUT2D eigenvalue weighted by Gasteiger charge is -2.41. The number of carbonyl (C=O) groups excluding carboxylic acids is 1. The number of likely N-dealkylation sites (tertiary alicyclic amines) is 1. The predicted octanol–water partition coefficient (Wildman–Crippen LogP) is 4.04. The first-order chi connectivity index (χ1) is 11.0. The number of carboxylic acid groups (broad SMARTS) is 1. The van der Waals surface area contributed by atoms with Crippen molar-refractivity contribution in [1.82, 2.24) is 4.90 Å². The van der Waals surface area contributed by atoms with Crippen LogP contribution in [0.2, 0.25) is 5.02 Å². The number of aliphatic carboxylic acids is 1. The highest BCUT2D eigenvalue weighted by molar-refractivity contribution is 6.30. The number of hydrogen-bond acceptors (Lipinski definition) is 2. The van der Waals surface area contributed by atoms with Gasteiger partial charge in [-0.25, -0.2) is 0 Å². The summed E-state index contributed by atoms with van der Waals surface area (Å²) >= 11 is 6.09. The van der Waals surface area contributed by atoms with Gasteiger partial charge in [0.25, 0.3) is 0 Å². The number of rotatable bonds is 4. The largest absolute Gasteiger partial charge is 0.481 e. The van der Waals surface area contributed by atoms with Crippen LogP contribution < -0.4 is 0 Å². The summed E-state index contributed by atoms with van der Waals surface area (Å²) < 4.78 is 0. The topological polar surface area (TPSA) is 57.6 Å². The van der Waals surface area contributed by atoms with Crippen LogP contribution in [0.1, 0.15) is 56.6 Å². The van der Waals surface area contributed by atoms with Gasteiger partial charge in [-0.2, -0.15) is 0 Å². The lowest BCUT2D eigenvalue weighted by molar-refractivity contribution is -0.160. The van der Waals surface area contributed by atoms with Crippen molar-refractivity contribution in [3.05, 3.63) is 34.9 Å². The van der Waals surface area contributed by atoms with Crippen LogP contribution in [0.3, 0.4) is 0 Å². The molecule has 1 aromatic carbocycles. The number of piperidine rings is 1. The molecule has 0 aromatic heterocycles. The summed E-state index contributed by atoms with van der Waals surface area (Å²) in [6.07, 6.45) is 5.21. The number of carbonyl (C=O) groups is 2. The lowest BCUT2D eigenvalue weighted by Crippen LogP contribution is -2.46. The third-order valence-electron chi connectivity index (χ3n) is 5.31. The van der Waals surface area contributed by atoms with Crippen molar-refractivity contribution in [1.29, 1.82) is 0 Å². The maximum absolute atomic E-state index is 12.8. The molecule has 2 aliphatic rings. The molecule has 1 unspecified atom stereocenters. The van der Waals surface area contributed by atoms with Gasteiger partial charge in [0, 0.05) is 18.0 Å². The van der Waals surface area contributed by atoms with Gasteiger partial charge in [-0.05, 0) is 49.8 Å². The molecule has 23 heavy (non-hydrogen) atoms. The first-order valence-electron chi connectivity index (χ1n) is 8.30. The maximum atomic E-state index is 12.8. The van der Waals surface area contributed by atoms with Crippen LogP contribution in [-0.2, 0) is 9.59 Å². The second kappa shape index (κ2) is 6.52. The van der Waals surface area contributed by atoms with E-state index in [1.807, 2.05) is 29.2 Å². The lowest BCUT2D eigenvalue weighted by atomic mass is 9.66. The minimum absolute atomic E-state index is 0.0147. The van der Waals surface area contributed by atoms with Gasteiger partial charge in [0.2, 0.25) is 5.91 Å². The standard InChI is InChI=1S/C18H22ClNO3/c19-14-6-3-5-13(11-14)15-7-1-2-10-20(15)16(21)12-18(17(22)23)8-4-9-18/h3,5-6,11,15H,1-2,4,7-10,12H2,(H,22,23). The molecule has 1 saturated carbocycles. The SMILES string of the molecule is O=C(CC1(C(=O)O)CCC1)N1CCCCC1c1cccc(Cl)c1. The van der Waals surface area contributed by atoms with Gasteiger partial charge in [0.15, 0.2) is 0 Å². The average molecular weight is 336 g/mol. The molecule has 2 fully saturated rings. The van der Waals surface area contributed by atoms with Crippen molar-refractivity contribution >= 4 is 23.5 Å². The van der Waals surface area contributed by atoms with Gasteiger partial charge in [0.05, 0.1) is 11.5 Å². The molecule has 1 aliphatic carbocycles. The molecule has 0 bridgehead atoms. The molecule has 0 spiro atoms. The van der Waals surface area contributed by atoms with Crippen LogP contribution in [0.25, 0.3) is 0 Å². The summed E-state index contributed by atoms with van der Waals surface area (Å²) in [6.45, 7) is 0.700. The molecule has 1 amide bonds. The highest BCUT2D eigenvalue weighted by Gasteiger charge is 2.47. The van der Waals surface area contributed by atoms with Gasteiger partial charge in [0.1, 0.15) is 0 Å². The zero-order valence-corrected chi connectivity index (χ0v) is 13.9. The van der Waals surface area contributed by atoms with E-state index in [1.165, 1.54) is 0 Å². The Labute approximate surface area is 141 Å². The van der Waals surface area contributed by atoms with Crippen LogP contribution >= 0.6 is 11.6 Å². The second-order valence-electron chi connectivity index (χ2n) is 6.77. The van der Waals surface area contributed by atoms with Crippen molar-refractivity contribution < 1.29 is 14.7 Å². The molecular weight excluding hydrogens is 314 g/mol. The Morgan fingerprint density at radius 3 is 2.65 bits per heavy atom. The number of carboxylic acids is 1. The van der Waals surface area contributed by atoms with E-state index >= 15 is 0 Å². The molecule has 3 rings (SSSR count). The molecule has 1 aromatic rings. The summed E-state index contributed by atoms with van der Waals surface area (Å²) in [7, 11) is 0. The van der Waals surface area contributed by atoms with Crippen molar-refractivity contribution in [2.75, 3.05) is 6.54 Å². The molecule has 1 aliphatic heterocycles. The third-order valence-corrected chi connectivity index (χ3v) is 5.55. The Bertz CT molecular complexity index is 612. The van der Waals surface area contributed by atoms with Crippen LogP contribution in [0.4, 0.5) is 0 Å². The van der Waals surface area contributed by atoms with Crippen LogP contribution in [0.15, 0.2) is 24.3 Å². The van der Waals surface area contributed by atoms with E-state index in [-0.39, 0.29) is 18.4 Å².